The van der Waals surface area contributed by atoms with Crippen LogP contribution < -0.4 is 29.9 Å². The molecule has 2 aromatic heterocycles. The molecule has 4 aliphatic heterocycles. The number of ether oxygens (including phenoxy) is 4. The number of aromatic nitrogens is 4. The first kappa shape index (κ1) is 36.3. The Labute approximate surface area is 312 Å². The molecule has 2 N–H and O–H groups in total. The number of cyclic esters (lactones) is 2. The van der Waals surface area contributed by atoms with Crippen LogP contribution in [0.5, 0.6) is 11.5 Å². The van der Waals surface area contributed by atoms with E-state index in [9.17, 15) is 19.2 Å². The lowest BCUT2D eigenvalue weighted by molar-refractivity contribution is -0.120. The van der Waals surface area contributed by atoms with E-state index < -0.39 is 12.2 Å². The zero-order chi connectivity index (χ0) is 37.9. The molecule has 54 heavy (non-hydrogen) atoms. The molecule has 284 valence electrons. The fraction of sp³-hybridized carbons (Fsp3) is 0.421. The number of rotatable bonds is 8. The molecule has 0 bridgehead atoms. The molecule has 2 atom stereocenters. The van der Waals surface area contributed by atoms with E-state index in [1.54, 1.807) is 9.80 Å². The minimum Gasteiger partial charge on any atom is -0.492 e. The van der Waals surface area contributed by atoms with E-state index in [1.807, 2.05) is 52.0 Å². The Morgan fingerprint density at radius 2 is 1.33 bits per heavy atom. The van der Waals surface area contributed by atoms with Crippen LogP contribution in [-0.4, -0.2) is 95.2 Å². The topological polar surface area (TPSA) is 171 Å². The first-order valence-electron chi connectivity index (χ1n) is 18.2. The van der Waals surface area contributed by atoms with Gasteiger partial charge >= 0.3 is 12.2 Å². The molecule has 8 rings (SSSR count). The van der Waals surface area contributed by atoms with Crippen molar-refractivity contribution in [3.8, 4) is 34.0 Å². The number of nitrogens with zero attached hydrogens (tertiary/aromatic N) is 6. The van der Waals surface area contributed by atoms with Gasteiger partial charge in [0.25, 0.3) is 0 Å². The van der Waals surface area contributed by atoms with E-state index in [0.29, 0.717) is 50.8 Å². The first-order chi connectivity index (χ1) is 26.1. The molecule has 4 amide bonds. The summed E-state index contributed by atoms with van der Waals surface area (Å²) < 4.78 is 26.5. The van der Waals surface area contributed by atoms with Crippen molar-refractivity contribution in [1.29, 1.82) is 0 Å². The maximum Gasteiger partial charge on any atom is 0.414 e. The van der Waals surface area contributed by atoms with Crippen molar-refractivity contribution in [2.75, 3.05) is 49.2 Å². The second kappa shape index (κ2) is 15.5. The Morgan fingerprint density at radius 3 is 1.89 bits per heavy atom. The highest BCUT2D eigenvalue weighted by molar-refractivity contribution is 5.92. The summed E-state index contributed by atoms with van der Waals surface area (Å²) in [5.74, 6) is 1.15. The molecule has 4 aromatic rings. The Hall–Kier alpha value is -6.06. The van der Waals surface area contributed by atoms with Gasteiger partial charge in [0.15, 0.2) is 0 Å². The van der Waals surface area contributed by atoms with Gasteiger partial charge in [-0.25, -0.2) is 9.59 Å². The summed E-state index contributed by atoms with van der Waals surface area (Å²) in [7, 11) is 0. The van der Waals surface area contributed by atoms with Crippen molar-refractivity contribution in [3.05, 3.63) is 59.9 Å². The first-order valence-corrected chi connectivity index (χ1v) is 18.2. The van der Waals surface area contributed by atoms with Gasteiger partial charge in [0.2, 0.25) is 11.8 Å². The number of hydrogen-bond acceptors (Lipinski definition) is 10. The number of hydrogen-bond donors (Lipinski definition) is 2. The Balaban J connectivity index is 0.000000167. The quantitative estimate of drug-likeness (QED) is 0.270. The third-order valence-corrected chi connectivity index (χ3v) is 9.60. The van der Waals surface area contributed by atoms with E-state index in [4.69, 9.17) is 18.9 Å². The Morgan fingerprint density at radius 1 is 0.778 bits per heavy atom. The smallest absolute Gasteiger partial charge is 0.414 e. The van der Waals surface area contributed by atoms with Crippen LogP contribution in [0.2, 0.25) is 0 Å². The number of carbonyl (C=O) groups is 4. The molecule has 2 aromatic carbocycles. The van der Waals surface area contributed by atoms with Crippen LogP contribution in [0, 0.1) is 0 Å². The normalized spacial score (nSPS) is 18.2. The van der Waals surface area contributed by atoms with Gasteiger partial charge in [0, 0.05) is 80.4 Å². The summed E-state index contributed by atoms with van der Waals surface area (Å²) in [6, 6.07) is 11.4. The van der Waals surface area contributed by atoms with Crippen LogP contribution in [0.15, 0.2) is 48.8 Å². The number of anilines is 2. The summed E-state index contributed by atoms with van der Waals surface area (Å²) in [5.41, 5.74) is 7.68. The summed E-state index contributed by atoms with van der Waals surface area (Å²) >= 11 is 0. The zero-order valence-electron chi connectivity index (χ0n) is 30.8. The van der Waals surface area contributed by atoms with Crippen molar-refractivity contribution in [2.24, 2.45) is 0 Å². The van der Waals surface area contributed by atoms with Crippen LogP contribution in [0.25, 0.3) is 22.5 Å². The second-order valence-corrected chi connectivity index (χ2v) is 13.4. The van der Waals surface area contributed by atoms with E-state index in [2.05, 4.69) is 40.9 Å². The fourth-order valence-corrected chi connectivity index (χ4v) is 6.92. The van der Waals surface area contributed by atoms with Crippen LogP contribution >= 0.6 is 0 Å². The minimum absolute atomic E-state index is 0.147. The van der Waals surface area contributed by atoms with Gasteiger partial charge in [0.1, 0.15) is 23.7 Å². The van der Waals surface area contributed by atoms with Crippen molar-refractivity contribution in [3.63, 3.8) is 0 Å². The lowest BCUT2D eigenvalue weighted by atomic mass is 10.1. The van der Waals surface area contributed by atoms with Crippen molar-refractivity contribution < 1.29 is 38.1 Å². The highest BCUT2D eigenvalue weighted by atomic mass is 16.6. The van der Waals surface area contributed by atoms with Crippen molar-refractivity contribution in [1.82, 2.24) is 30.2 Å². The molecule has 0 unspecified atom stereocenters. The third kappa shape index (κ3) is 7.54. The standard InChI is InChI=1S/2C19H22N4O4/c1-3-22-10-13-6-7-26-17-8-14(4-5-16(17)18(13)21-22)23-11-15(27-19(23)25)9-20-12(2)24;1-3-23-18-13(9-21-23)6-7-26-17-8-14(4-5-16(17)18)22-11-15(27-19(22)25)10-20-12(2)24/h4-5,8,10,15H,3,6-7,9,11H2,1-2H3,(H,20,24);4-5,8-9,15H,3,6-7,10-11H2,1-2H3,(H,20,24)/t2*15-/m00/s1. The van der Waals surface area contributed by atoms with Gasteiger partial charge in [-0.2, -0.15) is 10.2 Å². The molecule has 0 saturated carbocycles. The van der Waals surface area contributed by atoms with Gasteiger partial charge < -0.3 is 29.6 Å². The van der Waals surface area contributed by atoms with Gasteiger partial charge in [-0.3, -0.25) is 28.8 Å². The van der Waals surface area contributed by atoms with Crippen molar-refractivity contribution >= 4 is 35.4 Å². The molecule has 0 spiro atoms. The lowest BCUT2D eigenvalue weighted by Crippen LogP contribution is -2.33. The minimum atomic E-state index is -0.421. The van der Waals surface area contributed by atoms with Crippen LogP contribution in [-0.2, 0) is 45.0 Å². The molecule has 2 saturated heterocycles. The van der Waals surface area contributed by atoms with E-state index in [1.165, 1.54) is 25.0 Å². The van der Waals surface area contributed by atoms with Crippen molar-refractivity contribution in [2.45, 2.75) is 65.8 Å². The van der Waals surface area contributed by atoms with E-state index in [-0.39, 0.29) is 24.0 Å². The van der Waals surface area contributed by atoms with Gasteiger partial charge in [0.05, 0.1) is 68.4 Å². The highest BCUT2D eigenvalue weighted by Gasteiger charge is 2.35. The molecule has 16 heteroatoms. The number of carbonyl (C=O) groups excluding carboxylic acids is 4. The molecule has 6 heterocycles. The number of amides is 4. The molecular formula is C38H44N8O8. The van der Waals surface area contributed by atoms with Gasteiger partial charge in [-0.15, -0.1) is 0 Å². The highest BCUT2D eigenvalue weighted by Crippen LogP contribution is 2.40. The number of nitrogens with one attached hydrogen (secondary N) is 2. The van der Waals surface area contributed by atoms with Crippen LogP contribution in [0.4, 0.5) is 21.0 Å². The predicted molar refractivity (Wildman–Crippen MR) is 198 cm³/mol. The monoisotopic (exact) mass is 740 g/mol. The molecule has 4 aliphatic rings. The molecular weight excluding hydrogens is 696 g/mol. The average molecular weight is 741 g/mol. The molecule has 0 aliphatic carbocycles. The third-order valence-electron chi connectivity index (χ3n) is 9.60. The maximum atomic E-state index is 12.3. The predicted octanol–water partition coefficient (Wildman–Crippen LogP) is 3.93. The lowest BCUT2D eigenvalue weighted by Gasteiger charge is -2.16. The van der Waals surface area contributed by atoms with Gasteiger partial charge in [-0.05, 0) is 38.1 Å². The fourth-order valence-electron chi connectivity index (χ4n) is 6.92. The largest absolute Gasteiger partial charge is 0.492 e. The summed E-state index contributed by atoms with van der Waals surface area (Å²) in [5, 5.41) is 14.5. The molecule has 16 nitrogen and oxygen atoms in total. The van der Waals surface area contributed by atoms with E-state index >= 15 is 0 Å². The number of aryl methyl sites for hydroxylation is 2. The summed E-state index contributed by atoms with van der Waals surface area (Å²) in [4.78, 5) is 49.8. The van der Waals surface area contributed by atoms with Gasteiger partial charge in [-0.1, -0.05) is 0 Å². The van der Waals surface area contributed by atoms with E-state index in [0.717, 1.165) is 59.9 Å². The summed E-state index contributed by atoms with van der Waals surface area (Å²) in [6.45, 7) is 11.1. The molecule has 2 fully saturated rings. The number of benzene rings is 2. The Bertz CT molecular complexity index is 2070. The number of fused-ring (bicyclic) bond motifs is 6. The SMILES string of the molecule is CCn1cc2c(n1)-c1ccc(N3C[C@H](CNC(C)=O)OC3=O)cc1OCC2.CCn1ncc2c1-c1ccc(N3C[C@H](CNC(C)=O)OC3=O)cc1OCC2. The average Bonchev–Trinajstić information content (AvgIpc) is 3.91. The molecule has 0 radical (unpaired) electrons. The Kier molecular flexibility index (Phi) is 10.4. The zero-order valence-corrected chi connectivity index (χ0v) is 30.8. The maximum absolute atomic E-state index is 12.3. The summed E-state index contributed by atoms with van der Waals surface area (Å²) in [6.07, 6.45) is 3.98. The van der Waals surface area contributed by atoms with Crippen LogP contribution in [0.1, 0.15) is 38.8 Å². The van der Waals surface area contributed by atoms with Crippen LogP contribution in [0.3, 0.4) is 0 Å². The second-order valence-electron chi connectivity index (χ2n) is 13.4.